The Labute approximate surface area is 202 Å². The topological polar surface area (TPSA) is 115 Å². The fourth-order valence-corrected chi connectivity index (χ4v) is 5.05. The van der Waals surface area contributed by atoms with E-state index in [4.69, 9.17) is 11.6 Å². The zero-order valence-corrected chi connectivity index (χ0v) is 20.0. The molecule has 2 heterocycles. The Bertz CT molecular complexity index is 1180. The Morgan fingerprint density at radius 2 is 2.03 bits per heavy atom. The standard InChI is InChI=1S/C25H28ClFN4O3/c1-25(2)11-16(24(34)31-25)7-18(12-28)29-23(33)15(5-13-3-4-13)9-21(32)20-8-14-6-17(27)10-19(26)22(14)30-20/h6,8,10,13,15-16,18,30H,3-5,7,9,11H2,1-2H3,(H,29,33)(H,31,34). The molecule has 0 radical (unpaired) electrons. The first kappa shape index (κ1) is 24.2. The highest BCUT2D eigenvalue weighted by Crippen LogP contribution is 2.37. The van der Waals surface area contributed by atoms with Crippen LogP contribution in [0, 0.1) is 34.9 Å². The number of amides is 2. The van der Waals surface area contributed by atoms with Gasteiger partial charge >= 0.3 is 0 Å². The van der Waals surface area contributed by atoms with Crippen molar-refractivity contribution < 1.29 is 18.8 Å². The van der Waals surface area contributed by atoms with Crippen molar-refractivity contribution in [3.05, 3.63) is 34.7 Å². The molecule has 2 aliphatic rings. The molecule has 1 aliphatic heterocycles. The number of carbonyl (C=O) groups is 3. The van der Waals surface area contributed by atoms with Crippen LogP contribution in [0.15, 0.2) is 18.2 Å². The van der Waals surface area contributed by atoms with Crippen molar-refractivity contribution in [3.8, 4) is 6.07 Å². The lowest BCUT2D eigenvalue weighted by Gasteiger charge is -2.20. The van der Waals surface area contributed by atoms with Gasteiger partial charge in [0, 0.05) is 29.2 Å². The van der Waals surface area contributed by atoms with Gasteiger partial charge in [0.1, 0.15) is 11.9 Å². The minimum Gasteiger partial charge on any atom is -0.351 e. The maximum absolute atomic E-state index is 13.7. The summed E-state index contributed by atoms with van der Waals surface area (Å²) in [6.07, 6.45) is 3.37. The molecule has 34 heavy (non-hydrogen) atoms. The fourth-order valence-electron chi connectivity index (χ4n) is 4.79. The summed E-state index contributed by atoms with van der Waals surface area (Å²) in [6, 6.07) is 5.28. The molecule has 1 aromatic carbocycles. The smallest absolute Gasteiger partial charge is 0.224 e. The zero-order chi connectivity index (χ0) is 24.6. The number of nitrogens with one attached hydrogen (secondary N) is 3. The van der Waals surface area contributed by atoms with E-state index in [0.29, 0.717) is 29.7 Å². The molecule has 0 spiro atoms. The molecule has 3 N–H and O–H groups in total. The molecule has 4 rings (SSSR count). The number of ketones is 1. The van der Waals surface area contributed by atoms with E-state index in [1.54, 1.807) is 0 Å². The van der Waals surface area contributed by atoms with E-state index in [9.17, 15) is 24.0 Å². The number of H-pyrrole nitrogens is 1. The van der Waals surface area contributed by atoms with Gasteiger partial charge in [-0.1, -0.05) is 24.4 Å². The number of carbonyl (C=O) groups excluding carboxylic acids is 3. The van der Waals surface area contributed by atoms with Crippen LogP contribution in [0.3, 0.4) is 0 Å². The molecule has 3 atom stereocenters. The van der Waals surface area contributed by atoms with Crippen LogP contribution in [-0.2, 0) is 9.59 Å². The van der Waals surface area contributed by atoms with Gasteiger partial charge in [0.15, 0.2) is 5.78 Å². The first-order valence-corrected chi connectivity index (χ1v) is 12.0. The lowest BCUT2D eigenvalue weighted by molar-refractivity contribution is -0.127. The summed E-state index contributed by atoms with van der Waals surface area (Å²) in [5, 5.41) is 15.9. The van der Waals surface area contributed by atoms with Gasteiger partial charge in [-0.2, -0.15) is 5.26 Å². The average Bonchev–Trinajstić information content (AvgIpc) is 3.39. The summed E-state index contributed by atoms with van der Waals surface area (Å²) in [7, 11) is 0. The second kappa shape index (κ2) is 9.38. The maximum atomic E-state index is 13.7. The van der Waals surface area contributed by atoms with Gasteiger partial charge in [0.2, 0.25) is 11.8 Å². The molecule has 180 valence electrons. The van der Waals surface area contributed by atoms with Crippen LogP contribution in [0.5, 0.6) is 0 Å². The average molecular weight is 487 g/mol. The molecule has 1 saturated heterocycles. The lowest BCUT2D eigenvalue weighted by atomic mass is 9.90. The number of aromatic nitrogens is 1. The Balaban J connectivity index is 1.44. The molecule has 7 nitrogen and oxygen atoms in total. The normalized spacial score (nSPS) is 21.0. The van der Waals surface area contributed by atoms with Gasteiger partial charge in [0.25, 0.3) is 0 Å². The predicted octanol–water partition coefficient (Wildman–Crippen LogP) is 4.26. The molecule has 2 aromatic rings. The van der Waals surface area contributed by atoms with Crippen molar-refractivity contribution in [2.24, 2.45) is 17.8 Å². The molecule has 1 saturated carbocycles. The summed E-state index contributed by atoms with van der Waals surface area (Å²) in [5.41, 5.74) is 0.396. The van der Waals surface area contributed by atoms with E-state index >= 15 is 0 Å². The Hall–Kier alpha value is -2.92. The van der Waals surface area contributed by atoms with E-state index in [1.165, 1.54) is 18.2 Å². The molecule has 0 bridgehead atoms. The second-order valence-electron chi connectivity index (χ2n) is 10.2. The molecular weight excluding hydrogens is 459 g/mol. The predicted molar refractivity (Wildman–Crippen MR) is 126 cm³/mol. The SMILES string of the molecule is CC1(C)CC(CC(C#N)NC(=O)C(CC(=O)c2cc3cc(F)cc(Cl)c3[nH]2)CC2CC2)C(=O)N1. The van der Waals surface area contributed by atoms with Gasteiger partial charge in [-0.3, -0.25) is 14.4 Å². The third-order valence-corrected chi connectivity index (χ3v) is 6.94. The summed E-state index contributed by atoms with van der Waals surface area (Å²) in [6.45, 7) is 3.85. The number of rotatable bonds is 9. The lowest BCUT2D eigenvalue weighted by Crippen LogP contribution is -2.40. The van der Waals surface area contributed by atoms with Crippen molar-refractivity contribution in [1.82, 2.24) is 15.6 Å². The number of benzene rings is 1. The van der Waals surface area contributed by atoms with Gasteiger partial charge in [-0.15, -0.1) is 0 Å². The Kier molecular flexibility index (Phi) is 6.68. The van der Waals surface area contributed by atoms with Crippen LogP contribution in [0.1, 0.15) is 62.9 Å². The van der Waals surface area contributed by atoms with E-state index in [-0.39, 0.29) is 52.6 Å². The number of fused-ring (bicyclic) bond motifs is 1. The fraction of sp³-hybridized carbons (Fsp3) is 0.520. The highest BCUT2D eigenvalue weighted by atomic mass is 35.5. The number of hydrogen-bond donors (Lipinski definition) is 3. The van der Waals surface area contributed by atoms with E-state index in [1.807, 2.05) is 13.8 Å². The van der Waals surface area contributed by atoms with Crippen LogP contribution in [-0.4, -0.2) is 34.2 Å². The van der Waals surface area contributed by atoms with Crippen molar-refractivity contribution in [2.45, 2.75) is 64.0 Å². The zero-order valence-electron chi connectivity index (χ0n) is 19.2. The van der Waals surface area contributed by atoms with Crippen LogP contribution < -0.4 is 10.6 Å². The molecule has 9 heteroatoms. The van der Waals surface area contributed by atoms with Gasteiger partial charge in [0.05, 0.1) is 22.3 Å². The minimum atomic E-state index is -0.816. The van der Waals surface area contributed by atoms with Gasteiger partial charge in [-0.05, 0) is 57.2 Å². The number of Topliss-reactive ketones (excluding diaryl/α,β-unsaturated/α-hetero) is 1. The highest BCUT2D eigenvalue weighted by Gasteiger charge is 2.39. The third kappa shape index (κ3) is 5.58. The van der Waals surface area contributed by atoms with E-state index in [2.05, 4.69) is 21.7 Å². The van der Waals surface area contributed by atoms with Crippen LogP contribution >= 0.6 is 11.6 Å². The van der Waals surface area contributed by atoms with Crippen molar-refractivity contribution in [2.75, 3.05) is 0 Å². The Morgan fingerprint density at radius 3 is 2.65 bits per heavy atom. The van der Waals surface area contributed by atoms with Crippen molar-refractivity contribution in [3.63, 3.8) is 0 Å². The van der Waals surface area contributed by atoms with Crippen LogP contribution in [0.2, 0.25) is 5.02 Å². The van der Waals surface area contributed by atoms with Gasteiger partial charge < -0.3 is 15.6 Å². The number of halogens is 2. The van der Waals surface area contributed by atoms with Crippen molar-refractivity contribution in [1.29, 1.82) is 5.26 Å². The number of nitrogens with zero attached hydrogens (tertiary/aromatic N) is 1. The molecule has 3 unspecified atom stereocenters. The Morgan fingerprint density at radius 1 is 1.29 bits per heavy atom. The summed E-state index contributed by atoms with van der Waals surface area (Å²) in [5.74, 6) is -1.80. The van der Waals surface area contributed by atoms with Gasteiger partial charge in [-0.25, -0.2) is 4.39 Å². The number of nitriles is 1. The van der Waals surface area contributed by atoms with Crippen molar-refractivity contribution >= 4 is 40.1 Å². The number of aromatic amines is 1. The first-order valence-electron chi connectivity index (χ1n) is 11.6. The first-order chi connectivity index (χ1) is 16.0. The molecule has 1 aromatic heterocycles. The third-order valence-electron chi connectivity index (χ3n) is 6.64. The van der Waals surface area contributed by atoms with E-state index < -0.39 is 17.8 Å². The number of hydrogen-bond acceptors (Lipinski definition) is 4. The largest absolute Gasteiger partial charge is 0.351 e. The maximum Gasteiger partial charge on any atom is 0.224 e. The monoisotopic (exact) mass is 486 g/mol. The minimum absolute atomic E-state index is 0.0374. The second-order valence-corrected chi connectivity index (χ2v) is 10.6. The molecule has 2 amide bonds. The summed E-state index contributed by atoms with van der Waals surface area (Å²) < 4.78 is 13.7. The van der Waals surface area contributed by atoms with Crippen LogP contribution in [0.25, 0.3) is 10.9 Å². The summed E-state index contributed by atoms with van der Waals surface area (Å²) in [4.78, 5) is 41.3. The van der Waals surface area contributed by atoms with E-state index in [0.717, 1.165) is 12.8 Å². The highest BCUT2D eigenvalue weighted by molar-refractivity contribution is 6.35. The molecule has 2 fully saturated rings. The molecule has 1 aliphatic carbocycles. The molecular formula is C25H28ClFN4O3. The quantitative estimate of drug-likeness (QED) is 0.459. The van der Waals surface area contributed by atoms with Crippen LogP contribution in [0.4, 0.5) is 4.39 Å². The summed E-state index contributed by atoms with van der Waals surface area (Å²) >= 11 is 6.08.